The number of hydrogen-bond donors (Lipinski definition) is 0. The van der Waals surface area contributed by atoms with Crippen LogP contribution in [0.15, 0.2) is 237 Å². The van der Waals surface area contributed by atoms with Crippen molar-refractivity contribution in [3.05, 3.63) is 237 Å². The molecule has 334 valence electrons. The largest absolute Gasteiger partial charge is 0.457 e. The van der Waals surface area contributed by atoms with Crippen LogP contribution in [-0.4, -0.2) is 33.6 Å². The van der Waals surface area contributed by atoms with Gasteiger partial charge in [0.2, 0.25) is 5.95 Å². The second-order valence-corrected chi connectivity index (χ2v) is 17.5. The number of aromatic nitrogens is 7. The third-order valence-corrected chi connectivity index (χ3v) is 13.4. The number of benzene rings is 8. The van der Waals surface area contributed by atoms with Gasteiger partial charge < -0.3 is 9.47 Å². The predicted molar refractivity (Wildman–Crippen MR) is 285 cm³/mol. The molecule has 0 unspecified atom stereocenters. The third-order valence-electron chi connectivity index (χ3n) is 13.4. The Hall–Kier alpha value is -9.86. The van der Waals surface area contributed by atoms with Crippen LogP contribution in [0, 0.1) is 0 Å². The molecule has 0 aliphatic heterocycles. The van der Waals surface area contributed by atoms with E-state index in [-0.39, 0.29) is 0 Å². The van der Waals surface area contributed by atoms with Crippen LogP contribution in [0.2, 0.25) is 0 Å². The number of para-hydroxylation sites is 2. The molecule has 6 heterocycles. The number of hydrogen-bond acceptors (Lipinski definition) is 6. The summed E-state index contributed by atoms with van der Waals surface area (Å²) in [6, 6.07) is 72.8. The fourth-order valence-corrected chi connectivity index (χ4v) is 10.4. The third kappa shape index (κ3) is 6.70. The van der Waals surface area contributed by atoms with Gasteiger partial charge in [-0.15, -0.1) is 0 Å². The summed E-state index contributed by atoms with van der Waals surface area (Å²) in [5.41, 5.74) is 10.2. The van der Waals surface area contributed by atoms with Crippen molar-refractivity contribution in [2.45, 2.75) is 0 Å². The SMILES string of the molecule is c1ccc(-c2cc(Oc3ccc4c5ccc(Oc6cc(-c7ccccc7)c7c8ccccc8n(-c8ccccn8)c7c6)cc5n(-c5ncccn5)c4c3)cc3c2c2ccccc2n3-c2ccccn2)cc1. The van der Waals surface area contributed by atoms with Crippen LogP contribution in [0.1, 0.15) is 0 Å². The average Bonchev–Trinajstić information content (AvgIpc) is 4.07. The van der Waals surface area contributed by atoms with Crippen molar-refractivity contribution in [3.8, 4) is 62.8 Å². The first-order valence-electron chi connectivity index (χ1n) is 23.5. The Bertz CT molecular complexity index is 4060. The first kappa shape index (κ1) is 40.2. The molecule has 0 saturated heterocycles. The molecule has 0 N–H and O–H groups in total. The van der Waals surface area contributed by atoms with Gasteiger partial charge in [-0.3, -0.25) is 13.7 Å². The summed E-state index contributed by atoms with van der Waals surface area (Å²) >= 11 is 0. The lowest BCUT2D eigenvalue weighted by Gasteiger charge is -2.13. The topological polar surface area (TPSA) is 84.8 Å². The highest BCUT2D eigenvalue weighted by atomic mass is 16.5. The van der Waals surface area contributed by atoms with Gasteiger partial charge in [0.25, 0.3) is 0 Å². The normalized spacial score (nSPS) is 11.7. The van der Waals surface area contributed by atoms with Crippen molar-refractivity contribution in [1.82, 2.24) is 33.6 Å². The molecule has 0 fully saturated rings. The zero-order valence-corrected chi connectivity index (χ0v) is 38.0. The highest BCUT2D eigenvalue weighted by Crippen LogP contribution is 2.45. The Morgan fingerprint density at radius 3 is 1.17 bits per heavy atom. The predicted octanol–water partition coefficient (Wildman–Crippen LogP) is 15.5. The molecule has 0 radical (unpaired) electrons. The molecule has 0 spiro atoms. The van der Waals surface area contributed by atoms with Gasteiger partial charge in [-0.2, -0.15) is 0 Å². The van der Waals surface area contributed by atoms with E-state index in [0.717, 1.165) is 99.3 Å². The van der Waals surface area contributed by atoms with E-state index in [0.29, 0.717) is 28.9 Å². The Kier molecular flexibility index (Phi) is 9.31. The van der Waals surface area contributed by atoms with E-state index in [1.807, 2.05) is 79.1 Å². The van der Waals surface area contributed by atoms with E-state index in [1.165, 1.54) is 0 Å². The lowest BCUT2D eigenvalue weighted by Crippen LogP contribution is -2.00. The number of ether oxygens (including phenoxy) is 2. The average molecular weight is 914 g/mol. The van der Waals surface area contributed by atoms with E-state index in [4.69, 9.17) is 29.4 Å². The van der Waals surface area contributed by atoms with Crippen molar-refractivity contribution >= 4 is 65.4 Å². The summed E-state index contributed by atoms with van der Waals surface area (Å²) in [7, 11) is 0. The van der Waals surface area contributed by atoms with Crippen LogP contribution in [0.25, 0.3) is 105 Å². The summed E-state index contributed by atoms with van der Waals surface area (Å²) in [6.45, 7) is 0. The lowest BCUT2D eigenvalue weighted by atomic mass is 9.99. The number of nitrogens with zero attached hydrogens (tertiary/aromatic N) is 7. The van der Waals surface area contributed by atoms with E-state index < -0.39 is 0 Å². The minimum atomic E-state index is 0.530. The molecule has 0 atom stereocenters. The van der Waals surface area contributed by atoms with Crippen LogP contribution in [0.3, 0.4) is 0 Å². The maximum absolute atomic E-state index is 6.96. The van der Waals surface area contributed by atoms with E-state index >= 15 is 0 Å². The second kappa shape index (κ2) is 16.4. The number of fused-ring (bicyclic) bond motifs is 9. The molecule has 0 aliphatic carbocycles. The molecular formula is C62H39N7O2. The van der Waals surface area contributed by atoms with Gasteiger partial charge in [0.05, 0.1) is 33.1 Å². The van der Waals surface area contributed by atoms with Crippen LogP contribution in [0.5, 0.6) is 23.0 Å². The van der Waals surface area contributed by atoms with Crippen molar-refractivity contribution in [1.29, 1.82) is 0 Å². The van der Waals surface area contributed by atoms with Crippen LogP contribution < -0.4 is 9.47 Å². The first-order chi connectivity index (χ1) is 35.2. The Morgan fingerprint density at radius 1 is 0.282 bits per heavy atom. The number of pyridine rings is 2. The monoisotopic (exact) mass is 913 g/mol. The summed E-state index contributed by atoms with van der Waals surface area (Å²) in [5, 5.41) is 6.59. The molecule has 9 nitrogen and oxygen atoms in total. The van der Waals surface area contributed by atoms with Gasteiger partial charge in [0, 0.05) is 81.4 Å². The second-order valence-electron chi connectivity index (χ2n) is 17.5. The summed E-state index contributed by atoms with van der Waals surface area (Å²) in [4.78, 5) is 19.2. The van der Waals surface area contributed by atoms with Gasteiger partial charge in [0.1, 0.15) is 34.6 Å². The Morgan fingerprint density at radius 2 is 0.704 bits per heavy atom. The zero-order chi connectivity index (χ0) is 46.8. The van der Waals surface area contributed by atoms with Gasteiger partial charge >= 0.3 is 0 Å². The van der Waals surface area contributed by atoms with Crippen molar-refractivity contribution in [2.24, 2.45) is 0 Å². The van der Waals surface area contributed by atoms with Gasteiger partial charge in [-0.25, -0.2) is 19.9 Å². The van der Waals surface area contributed by atoms with Crippen LogP contribution in [-0.2, 0) is 0 Å². The van der Waals surface area contributed by atoms with E-state index in [1.54, 1.807) is 12.4 Å². The number of rotatable bonds is 9. The highest BCUT2D eigenvalue weighted by Gasteiger charge is 2.22. The van der Waals surface area contributed by atoms with E-state index in [9.17, 15) is 0 Å². The Labute approximate surface area is 406 Å². The molecule has 9 heteroatoms. The smallest absolute Gasteiger partial charge is 0.234 e. The molecule has 14 aromatic rings. The summed E-state index contributed by atoms with van der Waals surface area (Å²) in [6.07, 6.45) is 7.20. The standard InChI is InChI=1S/C62H39N7O2/c1-3-16-40(17-4-1)50-34-44(38-56-60(50)48-20-7-9-22-52(48)67(56)58-24-11-13-30-63-58)70-42-26-28-46-47-29-27-43(37-55(47)69(54(46)36-42)62-65-32-15-33-66-62)71-45-35-51(41-18-5-2-6-19-41)61-49-21-8-10-23-53(49)68(57(61)39-45)59-25-12-14-31-64-59/h1-39H. The minimum Gasteiger partial charge on any atom is -0.457 e. The molecular weight excluding hydrogens is 875 g/mol. The molecule has 0 amide bonds. The summed E-state index contributed by atoms with van der Waals surface area (Å²) in [5.74, 6) is 4.91. The lowest BCUT2D eigenvalue weighted by molar-refractivity contribution is 0.484. The quantitative estimate of drug-likeness (QED) is 0.143. The van der Waals surface area contributed by atoms with Crippen molar-refractivity contribution in [3.63, 3.8) is 0 Å². The van der Waals surface area contributed by atoms with Crippen molar-refractivity contribution < 1.29 is 9.47 Å². The first-order valence-corrected chi connectivity index (χ1v) is 23.5. The molecule has 14 rings (SSSR count). The molecule has 0 aliphatic rings. The minimum absolute atomic E-state index is 0.530. The van der Waals surface area contributed by atoms with Crippen molar-refractivity contribution in [2.75, 3.05) is 0 Å². The fourth-order valence-electron chi connectivity index (χ4n) is 10.4. The zero-order valence-electron chi connectivity index (χ0n) is 38.0. The van der Waals surface area contributed by atoms with E-state index in [2.05, 4.69) is 159 Å². The highest BCUT2D eigenvalue weighted by molar-refractivity contribution is 6.17. The maximum atomic E-state index is 6.96. The maximum Gasteiger partial charge on any atom is 0.234 e. The Balaban J connectivity index is 0.919. The van der Waals surface area contributed by atoms with Crippen LogP contribution in [0.4, 0.5) is 0 Å². The van der Waals surface area contributed by atoms with Gasteiger partial charge in [-0.1, -0.05) is 109 Å². The molecule has 71 heavy (non-hydrogen) atoms. The molecule has 0 bridgehead atoms. The molecule has 6 aromatic heterocycles. The van der Waals surface area contributed by atoms with Gasteiger partial charge in [0.15, 0.2) is 0 Å². The van der Waals surface area contributed by atoms with Gasteiger partial charge in [-0.05, 0) is 101 Å². The fraction of sp³-hybridized carbons (Fsp3) is 0. The molecule has 0 saturated carbocycles. The van der Waals surface area contributed by atoms with Crippen LogP contribution >= 0.6 is 0 Å². The summed E-state index contributed by atoms with van der Waals surface area (Å²) < 4.78 is 20.4. The molecule has 8 aromatic carbocycles.